The number of hydrogen-bond acceptors (Lipinski definition) is 4. The SMILES string of the molecule is Cc1sc2ccc(Cl)cc2c1S(=O)(=O)N(C)C(C)CO. The molecule has 110 valence electrons. The lowest BCUT2D eigenvalue weighted by molar-refractivity contribution is 0.214. The Labute approximate surface area is 127 Å². The Hall–Kier alpha value is -0.660. The summed E-state index contributed by atoms with van der Waals surface area (Å²) in [7, 11) is -2.18. The van der Waals surface area contributed by atoms with Gasteiger partial charge >= 0.3 is 0 Å². The van der Waals surface area contributed by atoms with E-state index in [4.69, 9.17) is 16.7 Å². The van der Waals surface area contributed by atoms with Crippen LogP contribution >= 0.6 is 22.9 Å². The van der Waals surface area contributed by atoms with E-state index in [1.165, 1.54) is 22.7 Å². The Bertz CT molecular complexity index is 739. The molecule has 0 aliphatic carbocycles. The predicted octanol–water partition coefficient (Wildman–Crippen LogP) is 2.86. The third-order valence-corrected chi connectivity index (χ3v) is 6.90. The first-order valence-corrected chi connectivity index (χ1v) is 8.70. The minimum absolute atomic E-state index is 0.225. The van der Waals surface area contributed by atoms with E-state index in [2.05, 4.69) is 0 Å². The van der Waals surface area contributed by atoms with E-state index in [-0.39, 0.29) is 11.5 Å². The van der Waals surface area contributed by atoms with E-state index in [0.29, 0.717) is 10.4 Å². The largest absolute Gasteiger partial charge is 0.395 e. The van der Waals surface area contributed by atoms with Gasteiger partial charge in [0.1, 0.15) is 4.90 Å². The highest BCUT2D eigenvalue weighted by Gasteiger charge is 2.29. The van der Waals surface area contributed by atoms with Crippen molar-refractivity contribution in [3.8, 4) is 0 Å². The molecule has 0 aliphatic heterocycles. The lowest BCUT2D eigenvalue weighted by Crippen LogP contribution is -2.37. The Morgan fingerprint density at radius 1 is 1.45 bits per heavy atom. The van der Waals surface area contributed by atoms with Crippen LogP contribution in [0.4, 0.5) is 0 Å². The van der Waals surface area contributed by atoms with Gasteiger partial charge in [0.05, 0.1) is 6.61 Å². The van der Waals surface area contributed by atoms with Crippen LogP contribution in [0.3, 0.4) is 0 Å². The number of nitrogens with zero attached hydrogens (tertiary/aromatic N) is 1. The Kier molecular flexibility index (Phi) is 4.41. The zero-order valence-corrected chi connectivity index (χ0v) is 13.8. The fourth-order valence-corrected chi connectivity index (χ4v) is 5.24. The second-order valence-electron chi connectivity index (χ2n) is 4.68. The van der Waals surface area contributed by atoms with Crippen LogP contribution < -0.4 is 0 Å². The summed E-state index contributed by atoms with van der Waals surface area (Å²) in [6.07, 6.45) is 0. The predicted molar refractivity (Wildman–Crippen MR) is 83.1 cm³/mol. The quantitative estimate of drug-likeness (QED) is 0.936. The zero-order valence-electron chi connectivity index (χ0n) is 11.4. The van der Waals surface area contributed by atoms with Gasteiger partial charge in [0.15, 0.2) is 0 Å². The third kappa shape index (κ3) is 2.58. The number of fused-ring (bicyclic) bond motifs is 1. The molecule has 1 atom stereocenters. The summed E-state index contributed by atoms with van der Waals surface area (Å²) in [5.41, 5.74) is 0. The summed E-state index contributed by atoms with van der Waals surface area (Å²) in [5.74, 6) is 0. The van der Waals surface area contributed by atoms with E-state index < -0.39 is 16.1 Å². The number of likely N-dealkylation sites (N-methyl/N-ethyl adjacent to an activating group) is 1. The van der Waals surface area contributed by atoms with Crippen molar-refractivity contribution in [2.75, 3.05) is 13.7 Å². The number of aryl methyl sites for hydroxylation is 1. The van der Waals surface area contributed by atoms with Crippen molar-refractivity contribution >= 4 is 43.0 Å². The molecule has 0 bridgehead atoms. The summed E-state index contributed by atoms with van der Waals surface area (Å²) >= 11 is 7.40. The summed E-state index contributed by atoms with van der Waals surface area (Å²) < 4.78 is 27.5. The summed E-state index contributed by atoms with van der Waals surface area (Å²) in [5, 5.41) is 10.3. The van der Waals surface area contributed by atoms with E-state index in [9.17, 15) is 8.42 Å². The Morgan fingerprint density at radius 2 is 2.10 bits per heavy atom. The molecule has 0 saturated heterocycles. The molecule has 1 aromatic heterocycles. The lowest BCUT2D eigenvalue weighted by Gasteiger charge is -2.22. The molecule has 0 amide bonds. The van der Waals surface area contributed by atoms with Crippen LogP contribution in [0.15, 0.2) is 23.1 Å². The maximum Gasteiger partial charge on any atom is 0.244 e. The molecular formula is C13H16ClNO3S2. The number of aliphatic hydroxyl groups excluding tert-OH is 1. The highest BCUT2D eigenvalue weighted by molar-refractivity contribution is 7.89. The molecule has 1 aromatic carbocycles. The van der Waals surface area contributed by atoms with E-state index >= 15 is 0 Å². The third-order valence-electron chi connectivity index (χ3n) is 3.29. The van der Waals surface area contributed by atoms with Gasteiger partial charge in [-0.3, -0.25) is 0 Å². The number of thiophene rings is 1. The van der Waals surface area contributed by atoms with Gasteiger partial charge in [0, 0.05) is 33.1 Å². The van der Waals surface area contributed by atoms with Crippen LogP contribution in [0.5, 0.6) is 0 Å². The van der Waals surface area contributed by atoms with Crippen LogP contribution in [0.2, 0.25) is 5.02 Å². The van der Waals surface area contributed by atoms with Gasteiger partial charge in [0.25, 0.3) is 0 Å². The molecule has 2 aromatic rings. The van der Waals surface area contributed by atoms with Crippen LogP contribution in [-0.2, 0) is 10.0 Å². The van der Waals surface area contributed by atoms with Crippen molar-refractivity contribution < 1.29 is 13.5 Å². The number of sulfonamides is 1. The first kappa shape index (κ1) is 15.7. The highest BCUT2D eigenvalue weighted by Crippen LogP contribution is 2.37. The second kappa shape index (κ2) is 5.61. The van der Waals surface area contributed by atoms with E-state index in [1.807, 2.05) is 6.07 Å². The molecular weight excluding hydrogens is 318 g/mol. The molecule has 20 heavy (non-hydrogen) atoms. The van der Waals surface area contributed by atoms with Crippen LogP contribution in [0, 0.1) is 6.92 Å². The van der Waals surface area contributed by atoms with Gasteiger partial charge in [-0.05, 0) is 32.0 Å². The smallest absolute Gasteiger partial charge is 0.244 e. The molecule has 0 spiro atoms. The maximum atomic E-state index is 12.7. The van der Waals surface area contributed by atoms with Gasteiger partial charge < -0.3 is 5.11 Å². The topological polar surface area (TPSA) is 57.6 Å². The fraction of sp³-hybridized carbons (Fsp3) is 0.385. The lowest BCUT2D eigenvalue weighted by atomic mass is 10.2. The number of halogens is 1. The Balaban J connectivity index is 2.68. The van der Waals surface area contributed by atoms with Crippen LogP contribution in [0.25, 0.3) is 10.1 Å². The standard InChI is InChI=1S/C13H16ClNO3S2/c1-8(7-16)15(3)20(17,18)13-9(2)19-12-5-4-10(14)6-11(12)13/h4-6,8,16H,7H2,1-3H3. The number of benzene rings is 1. The van der Waals surface area contributed by atoms with Gasteiger partial charge in [-0.15, -0.1) is 11.3 Å². The molecule has 2 rings (SSSR count). The maximum absolute atomic E-state index is 12.7. The van der Waals surface area contributed by atoms with Crippen LogP contribution in [-0.4, -0.2) is 37.5 Å². The number of hydrogen-bond donors (Lipinski definition) is 1. The number of aliphatic hydroxyl groups is 1. The van der Waals surface area contributed by atoms with Crippen molar-refractivity contribution in [2.45, 2.75) is 24.8 Å². The number of rotatable bonds is 4. The molecule has 1 unspecified atom stereocenters. The van der Waals surface area contributed by atoms with E-state index in [0.717, 1.165) is 9.58 Å². The van der Waals surface area contributed by atoms with E-state index in [1.54, 1.807) is 26.0 Å². The highest BCUT2D eigenvalue weighted by atomic mass is 35.5. The average Bonchev–Trinajstić information content (AvgIpc) is 2.72. The van der Waals surface area contributed by atoms with Gasteiger partial charge in [0.2, 0.25) is 10.0 Å². The summed E-state index contributed by atoms with van der Waals surface area (Å²) in [6.45, 7) is 3.22. The molecule has 4 nitrogen and oxygen atoms in total. The van der Waals surface area contributed by atoms with Crippen molar-refractivity contribution in [2.24, 2.45) is 0 Å². The molecule has 1 N–H and O–H groups in total. The second-order valence-corrected chi connectivity index (χ2v) is 8.31. The Morgan fingerprint density at radius 3 is 2.70 bits per heavy atom. The molecule has 0 aliphatic rings. The van der Waals surface area contributed by atoms with Crippen molar-refractivity contribution in [1.82, 2.24) is 4.31 Å². The molecule has 0 saturated carbocycles. The van der Waals surface area contributed by atoms with Gasteiger partial charge in [-0.1, -0.05) is 11.6 Å². The molecule has 0 fully saturated rings. The fourth-order valence-electron chi connectivity index (χ4n) is 1.99. The molecule has 7 heteroatoms. The first-order valence-electron chi connectivity index (χ1n) is 6.06. The normalized spacial score (nSPS) is 14.1. The van der Waals surface area contributed by atoms with Gasteiger partial charge in [-0.2, -0.15) is 4.31 Å². The monoisotopic (exact) mass is 333 g/mol. The van der Waals surface area contributed by atoms with Crippen molar-refractivity contribution in [3.63, 3.8) is 0 Å². The average molecular weight is 334 g/mol. The van der Waals surface area contributed by atoms with Crippen molar-refractivity contribution in [1.29, 1.82) is 0 Å². The van der Waals surface area contributed by atoms with Crippen molar-refractivity contribution in [3.05, 3.63) is 28.1 Å². The minimum atomic E-state index is -3.66. The van der Waals surface area contributed by atoms with Gasteiger partial charge in [-0.25, -0.2) is 8.42 Å². The minimum Gasteiger partial charge on any atom is -0.395 e. The molecule has 1 heterocycles. The first-order chi connectivity index (χ1) is 9.28. The summed E-state index contributed by atoms with van der Waals surface area (Å²) in [4.78, 5) is 1.00. The molecule has 0 radical (unpaired) electrons. The summed E-state index contributed by atoms with van der Waals surface area (Å²) in [6, 6.07) is 4.76. The van der Waals surface area contributed by atoms with Crippen LogP contribution in [0.1, 0.15) is 11.8 Å². The zero-order chi connectivity index (χ0) is 15.1.